The van der Waals surface area contributed by atoms with Gasteiger partial charge in [-0.15, -0.1) is 0 Å². The molecule has 0 spiro atoms. The fourth-order valence-corrected chi connectivity index (χ4v) is 2.31. The van der Waals surface area contributed by atoms with E-state index in [2.05, 4.69) is 19.2 Å². The summed E-state index contributed by atoms with van der Waals surface area (Å²) in [6.07, 6.45) is 1.86. The number of para-hydroxylation sites is 1. The first-order chi connectivity index (χ1) is 10.7. The van der Waals surface area contributed by atoms with Crippen molar-refractivity contribution in [2.24, 2.45) is 0 Å². The summed E-state index contributed by atoms with van der Waals surface area (Å²) < 4.78 is 5.53. The first-order valence-electron chi connectivity index (χ1n) is 7.78. The van der Waals surface area contributed by atoms with Crippen LogP contribution in [0.1, 0.15) is 41.8 Å². The summed E-state index contributed by atoms with van der Waals surface area (Å²) >= 11 is 0. The van der Waals surface area contributed by atoms with Crippen molar-refractivity contribution >= 4 is 11.6 Å². The molecule has 0 aliphatic rings. The molecule has 0 fully saturated rings. The smallest absolute Gasteiger partial charge is 0.255 e. The highest BCUT2D eigenvalue weighted by Crippen LogP contribution is 2.22. The molecule has 2 aromatic rings. The van der Waals surface area contributed by atoms with E-state index in [1.165, 1.54) is 0 Å². The number of carbonyl (C=O) groups excluding carboxylic acids is 1. The van der Waals surface area contributed by atoms with Gasteiger partial charge in [-0.25, -0.2) is 0 Å². The van der Waals surface area contributed by atoms with E-state index in [0.29, 0.717) is 12.2 Å². The van der Waals surface area contributed by atoms with Gasteiger partial charge in [0.15, 0.2) is 0 Å². The second-order valence-corrected chi connectivity index (χ2v) is 5.29. The van der Waals surface area contributed by atoms with Gasteiger partial charge in [-0.3, -0.25) is 4.79 Å². The molecule has 0 aliphatic heterocycles. The fourth-order valence-electron chi connectivity index (χ4n) is 2.31. The Bertz CT molecular complexity index is 632. The molecule has 0 saturated heterocycles. The minimum atomic E-state index is -0.0916. The van der Waals surface area contributed by atoms with Crippen LogP contribution in [0.15, 0.2) is 42.5 Å². The third-order valence-corrected chi connectivity index (χ3v) is 3.57. The fraction of sp³-hybridized carbons (Fsp3) is 0.316. The lowest BCUT2D eigenvalue weighted by Gasteiger charge is -2.13. The molecule has 0 radical (unpaired) electrons. The van der Waals surface area contributed by atoms with Gasteiger partial charge < -0.3 is 10.1 Å². The number of aryl methyl sites for hydroxylation is 2. The van der Waals surface area contributed by atoms with Crippen LogP contribution in [0.2, 0.25) is 0 Å². The van der Waals surface area contributed by atoms with Crippen molar-refractivity contribution < 1.29 is 9.53 Å². The van der Waals surface area contributed by atoms with Gasteiger partial charge >= 0.3 is 0 Å². The van der Waals surface area contributed by atoms with Crippen LogP contribution in [0.25, 0.3) is 0 Å². The maximum Gasteiger partial charge on any atom is 0.255 e. The molecule has 3 nitrogen and oxygen atoms in total. The predicted octanol–water partition coefficient (Wildman–Crippen LogP) is 4.60. The summed E-state index contributed by atoms with van der Waals surface area (Å²) in [7, 11) is 0. The van der Waals surface area contributed by atoms with Crippen LogP contribution in [-0.4, -0.2) is 12.5 Å². The van der Waals surface area contributed by atoms with E-state index in [1.54, 1.807) is 12.1 Å². The Balaban J connectivity index is 2.12. The van der Waals surface area contributed by atoms with Crippen LogP contribution in [0.5, 0.6) is 5.75 Å². The Morgan fingerprint density at radius 1 is 1.09 bits per heavy atom. The highest BCUT2D eigenvalue weighted by atomic mass is 16.5. The molecule has 0 heterocycles. The Hall–Kier alpha value is -2.29. The number of hydrogen-bond acceptors (Lipinski definition) is 2. The first kappa shape index (κ1) is 16.1. The molecule has 0 bridgehead atoms. The van der Waals surface area contributed by atoms with Crippen molar-refractivity contribution in [3.05, 3.63) is 59.2 Å². The molecule has 116 valence electrons. The van der Waals surface area contributed by atoms with Gasteiger partial charge in [-0.05, 0) is 55.2 Å². The molecule has 2 aromatic carbocycles. The molecule has 0 aromatic heterocycles. The first-order valence-corrected chi connectivity index (χ1v) is 7.78. The van der Waals surface area contributed by atoms with Gasteiger partial charge in [0.25, 0.3) is 5.91 Å². The summed E-state index contributed by atoms with van der Waals surface area (Å²) in [5.41, 5.74) is 3.78. The average molecular weight is 297 g/mol. The molecule has 1 N–H and O–H groups in total. The topological polar surface area (TPSA) is 38.3 Å². The van der Waals surface area contributed by atoms with Crippen molar-refractivity contribution in [1.82, 2.24) is 0 Å². The molecule has 0 unspecified atom stereocenters. The Morgan fingerprint density at radius 2 is 1.82 bits per heavy atom. The third kappa shape index (κ3) is 3.88. The largest absolute Gasteiger partial charge is 0.494 e. The summed E-state index contributed by atoms with van der Waals surface area (Å²) in [6.45, 7) is 6.85. The van der Waals surface area contributed by atoms with Crippen LogP contribution in [-0.2, 0) is 6.42 Å². The van der Waals surface area contributed by atoms with Crippen LogP contribution < -0.4 is 10.1 Å². The van der Waals surface area contributed by atoms with Crippen molar-refractivity contribution in [3.63, 3.8) is 0 Å². The number of ether oxygens (including phenoxy) is 1. The zero-order valence-electron chi connectivity index (χ0n) is 13.5. The lowest BCUT2D eigenvalue weighted by atomic mass is 10.1. The normalized spacial score (nSPS) is 10.3. The molecule has 1 amide bonds. The van der Waals surface area contributed by atoms with Gasteiger partial charge in [0.1, 0.15) is 5.75 Å². The molecule has 0 saturated carbocycles. The number of hydrogen-bond donors (Lipinski definition) is 1. The number of rotatable bonds is 6. The molecule has 22 heavy (non-hydrogen) atoms. The van der Waals surface area contributed by atoms with E-state index < -0.39 is 0 Å². The zero-order valence-corrected chi connectivity index (χ0v) is 13.5. The van der Waals surface area contributed by atoms with Crippen LogP contribution >= 0.6 is 0 Å². The lowest BCUT2D eigenvalue weighted by Crippen LogP contribution is -2.14. The predicted molar refractivity (Wildman–Crippen MR) is 90.7 cm³/mol. The lowest BCUT2D eigenvalue weighted by molar-refractivity contribution is 0.102. The molecule has 0 atom stereocenters. The molecule has 3 heteroatoms. The third-order valence-electron chi connectivity index (χ3n) is 3.57. The van der Waals surface area contributed by atoms with Crippen LogP contribution in [0, 0.1) is 6.92 Å². The van der Waals surface area contributed by atoms with Crippen molar-refractivity contribution in [1.29, 1.82) is 0 Å². The second kappa shape index (κ2) is 7.64. The van der Waals surface area contributed by atoms with Gasteiger partial charge in [0.05, 0.1) is 6.61 Å². The number of benzene rings is 2. The minimum absolute atomic E-state index is 0.0916. The van der Waals surface area contributed by atoms with E-state index in [-0.39, 0.29) is 5.91 Å². The zero-order chi connectivity index (χ0) is 15.9. The summed E-state index contributed by atoms with van der Waals surface area (Å²) in [4.78, 5) is 12.4. The second-order valence-electron chi connectivity index (χ2n) is 5.29. The van der Waals surface area contributed by atoms with Gasteiger partial charge in [-0.2, -0.15) is 0 Å². The minimum Gasteiger partial charge on any atom is -0.494 e. The standard InChI is InChI=1S/C19H23NO2/c1-4-13-22-17-11-9-16(10-12-17)19(21)20-18-14(3)7-6-8-15(18)5-2/h6-12H,4-5,13H2,1-3H3,(H,20,21). The number of nitrogens with one attached hydrogen (secondary N) is 1. The van der Waals surface area contributed by atoms with Crippen LogP contribution in [0.3, 0.4) is 0 Å². The quantitative estimate of drug-likeness (QED) is 0.846. The van der Waals surface area contributed by atoms with Crippen molar-refractivity contribution in [2.75, 3.05) is 11.9 Å². The van der Waals surface area contributed by atoms with E-state index >= 15 is 0 Å². The van der Waals surface area contributed by atoms with Crippen molar-refractivity contribution in [2.45, 2.75) is 33.6 Å². The molecular formula is C19H23NO2. The van der Waals surface area contributed by atoms with Crippen molar-refractivity contribution in [3.8, 4) is 5.75 Å². The Morgan fingerprint density at radius 3 is 2.45 bits per heavy atom. The van der Waals surface area contributed by atoms with E-state index in [9.17, 15) is 4.79 Å². The van der Waals surface area contributed by atoms with Crippen LogP contribution in [0.4, 0.5) is 5.69 Å². The monoisotopic (exact) mass is 297 g/mol. The number of amides is 1. The van der Waals surface area contributed by atoms with Gasteiger partial charge in [-0.1, -0.05) is 32.0 Å². The van der Waals surface area contributed by atoms with E-state index in [1.807, 2.05) is 37.3 Å². The molecule has 2 rings (SSSR count). The number of carbonyl (C=O) groups is 1. The van der Waals surface area contributed by atoms with E-state index in [4.69, 9.17) is 4.74 Å². The van der Waals surface area contributed by atoms with Gasteiger partial charge in [0, 0.05) is 11.3 Å². The summed E-state index contributed by atoms with van der Waals surface area (Å²) in [5.74, 6) is 0.703. The molecular weight excluding hydrogens is 274 g/mol. The maximum absolute atomic E-state index is 12.4. The summed E-state index contributed by atoms with van der Waals surface area (Å²) in [6, 6.07) is 13.3. The maximum atomic E-state index is 12.4. The Labute approximate surface area is 132 Å². The Kier molecular flexibility index (Phi) is 5.59. The number of anilines is 1. The SMILES string of the molecule is CCCOc1ccc(C(=O)Nc2c(C)cccc2CC)cc1. The van der Waals surface area contributed by atoms with E-state index in [0.717, 1.165) is 35.4 Å². The highest BCUT2D eigenvalue weighted by molar-refractivity contribution is 6.05. The van der Waals surface area contributed by atoms with Gasteiger partial charge in [0.2, 0.25) is 0 Å². The summed E-state index contributed by atoms with van der Waals surface area (Å²) in [5, 5.41) is 3.03. The highest BCUT2D eigenvalue weighted by Gasteiger charge is 2.10. The average Bonchev–Trinajstić information content (AvgIpc) is 2.55. The molecule has 0 aliphatic carbocycles.